The standard InChI is InChI=1S/C15H15N3O2S/c1-10-5-3-6-11(2)13(10)17-14(19)15(20)18-16-9-12-7-4-8-21-12/h3-9H,1-2H3,(H,17,19)(H,18,20)/b16-9+. The average Bonchev–Trinajstić information content (AvgIpc) is 2.96. The first-order valence-electron chi connectivity index (χ1n) is 6.32. The predicted octanol–water partition coefficient (Wildman–Crippen LogP) is 2.45. The van der Waals surface area contributed by atoms with Crippen molar-refractivity contribution in [2.24, 2.45) is 5.10 Å². The van der Waals surface area contributed by atoms with Crippen molar-refractivity contribution in [2.45, 2.75) is 13.8 Å². The number of rotatable bonds is 3. The van der Waals surface area contributed by atoms with Gasteiger partial charge in [0, 0.05) is 10.6 Å². The molecule has 0 aliphatic rings. The zero-order valence-electron chi connectivity index (χ0n) is 11.7. The van der Waals surface area contributed by atoms with Crippen molar-refractivity contribution < 1.29 is 9.59 Å². The highest BCUT2D eigenvalue weighted by molar-refractivity contribution is 7.11. The Morgan fingerprint density at radius 3 is 2.43 bits per heavy atom. The summed E-state index contributed by atoms with van der Waals surface area (Å²) >= 11 is 1.49. The molecule has 0 aliphatic heterocycles. The van der Waals surface area contributed by atoms with Crippen molar-refractivity contribution in [1.82, 2.24) is 5.43 Å². The fourth-order valence-electron chi connectivity index (χ4n) is 1.75. The minimum absolute atomic E-state index is 0.653. The minimum Gasteiger partial charge on any atom is -0.317 e. The molecule has 21 heavy (non-hydrogen) atoms. The highest BCUT2D eigenvalue weighted by atomic mass is 32.1. The third kappa shape index (κ3) is 4.00. The largest absolute Gasteiger partial charge is 0.329 e. The van der Waals surface area contributed by atoms with Gasteiger partial charge >= 0.3 is 11.8 Å². The van der Waals surface area contributed by atoms with E-state index in [4.69, 9.17) is 0 Å². The van der Waals surface area contributed by atoms with Gasteiger partial charge < -0.3 is 5.32 Å². The fraction of sp³-hybridized carbons (Fsp3) is 0.133. The normalized spacial score (nSPS) is 10.6. The molecule has 1 aromatic heterocycles. The van der Waals surface area contributed by atoms with E-state index in [1.165, 1.54) is 17.6 Å². The van der Waals surface area contributed by atoms with Crippen LogP contribution in [0.1, 0.15) is 16.0 Å². The monoisotopic (exact) mass is 301 g/mol. The number of amides is 2. The first kappa shape index (κ1) is 14.9. The molecule has 0 saturated heterocycles. The van der Waals surface area contributed by atoms with E-state index < -0.39 is 11.8 Å². The van der Waals surface area contributed by atoms with Gasteiger partial charge in [0.1, 0.15) is 0 Å². The Labute approximate surface area is 126 Å². The number of carbonyl (C=O) groups excluding carboxylic acids is 2. The number of carbonyl (C=O) groups is 2. The Bertz CT molecular complexity index is 658. The van der Waals surface area contributed by atoms with Gasteiger partial charge in [-0.1, -0.05) is 24.3 Å². The van der Waals surface area contributed by atoms with Crippen LogP contribution >= 0.6 is 11.3 Å². The Morgan fingerprint density at radius 1 is 1.10 bits per heavy atom. The number of aryl methyl sites for hydroxylation is 2. The van der Waals surface area contributed by atoms with Gasteiger partial charge in [0.25, 0.3) is 0 Å². The highest BCUT2D eigenvalue weighted by Crippen LogP contribution is 2.19. The highest BCUT2D eigenvalue weighted by Gasteiger charge is 2.14. The summed E-state index contributed by atoms with van der Waals surface area (Å²) in [7, 11) is 0. The third-order valence-corrected chi connectivity index (χ3v) is 3.63. The summed E-state index contributed by atoms with van der Waals surface area (Å²) in [6.45, 7) is 3.74. The molecule has 2 amide bonds. The third-order valence-electron chi connectivity index (χ3n) is 2.83. The van der Waals surface area contributed by atoms with Gasteiger partial charge in [-0.2, -0.15) is 5.10 Å². The van der Waals surface area contributed by atoms with Crippen LogP contribution in [-0.2, 0) is 9.59 Å². The smallest absolute Gasteiger partial charge is 0.317 e. The molecule has 2 N–H and O–H groups in total. The molecule has 0 atom stereocenters. The van der Waals surface area contributed by atoms with E-state index >= 15 is 0 Å². The first-order chi connectivity index (χ1) is 10.1. The van der Waals surface area contributed by atoms with E-state index in [0.717, 1.165) is 16.0 Å². The van der Waals surface area contributed by atoms with E-state index in [2.05, 4.69) is 15.8 Å². The minimum atomic E-state index is -0.801. The summed E-state index contributed by atoms with van der Waals surface area (Å²) in [5.41, 5.74) is 4.66. The number of nitrogens with one attached hydrogen (secondary N) is 2. The molecule has 2 aromatic rings. The Hall–Kier alpha value is -2.47. The Morgan fingerprint density at radius 2 is 1.81 bits per heavy atom. The lowest BCUT2D eigenvalue weighted by molar-refractivity contribution is -0.136. The van der Waals surface area contributed by atoms with Crippen LogP contribution in [-0.4, -0.2) is 18.0 Å². The van der Waals surface area contributed by atoms with Crippen molar-refractivity contribution in [3.05, 3.63) is 51.7 Å². The molecule has 0 fully saturated rings. The molecule has 1 heterocycles. The molecule has 0 spiro atoms. The lowest BCUT2D eigenvalue weighted by atomic mass is 10.1. The summed E-state index contributed by atoms with van der Waals surface area (Å²) in [6, 6.07) is 9.37. The van der Waals surface area contributed by atoms with Crippen molar-refractivity contribution in [1.29, 1.82) is 0 Å². The van der Waals surface area contributed by atoms with Crippen molar-refractivity contribution in [3.8, 4) is 0 Å². The summed E-state index contributed by atoms with van der Waals surface area (Å²) in [5.74, 6) is -1.54. The molecular weight excluding hydrogens is 286 g/mol. The van der Waals surface area contributed by atoms with Gasteiger partial charge in [0.15, 0.2) is 0 Å². The number of anilines is 1. The van der Waals surface area contributed by atoms with Crippen LogP contribution < -0.4 is 10.7 Å². The maximum atomic E-state index is 11.8. The van der Waals surface area contributed by atoms with Crippen molar-refractivity contribution >= 4 is 35.1 Å². The maximum Gasteiger partial charge on any atom is 0.329 e. The second-order valence-electron chi connectivity index (χ2n) is 4.44. The van der Waals surface area contributed by atoms with Gasteiger partial charge in [0.2, 0.25) is 0 Å². The maximum absolute atomic E-state index is 11.8. The lowest BCUT2D eigenvalue weighted by Crippen LogP contribution is -2.32. The van der Waals surface area contributed by atoms with Crippen molar-refractivity contribution in [2.75, 3.05) is 5.32 Å². The van der Waals surface area contributed by atoms with E-state index in [9.17, 15) is 9.59 Å². The quantitative estimate of drug-likeness (QED) is 0.519. The number of para-hydroxylation sites is 1. The average molecular weight is 301 g/mol. The fourth-order valence-corrected chi connectivity index (χ4v) is 2.34. The van der Waals surface area contributed by atoms with Gasteiger partial charge in [0.05, 0.1) is 6.21 Å². The van der Waals surface area contributed by atoms with Gasteiger partial charge in [-0.25, -0.2) is 5.43 Å². The lowest BCUT2D eigenvalue weighted by Gasteiger charge is -2.10. The number of hydrogen-bond donors (Lipinski definition) is 2. The molecule has 108 valence electrons. The second-order valence-corrected chi connectivity index (χ2v) is 5.41. The molecule has 5 nitrogen and oxygen atoms in total. The van der Waals surface area contributed by atoms with E-state index in [-0.39, 0.29) is 0 Å². The van der Waals surface area contributed by atoms with Crippen LogP contribution in [0.5, 0.6) is 0 Å². The van der Waals surface area contributed by atoms with E-state index in [1.807, 2.05) is 49.6 Å². The number of nitrogens with zero attached hydrogens (tertiary/aromatic N) is 1. The van der Waals surface area contributed by atoms with E-state index in [0.29, 0.717) is 5.69 Å². The molecule has 1 aromatic carbocycles. The molecule has 0 unspecified atom stereocenters. The molecule has 2 rings (SSSR count). The predicted molar refractivity (Wildman–Crippen MR) is 84.6 cm³/mol. The molecule has 0 bridgehead atoms. The van der Waals surface area contributed by atoms with Crippen molar-refractivity contribution in [3.63, 3.8) is 0 Å². The van der Waals surface area contributed by atoms with Gasteiger partial charge in [-0.3, -0.25) is 9.59 Å². The number of hydrazone groups is 1. The number of benzene rings is 1. The molecule has 6 heteroatoms. The Balaban J connectivity index is 1.95. The summed E-state index contributed by atoms with van der Waals surface area (Å²) in [6.07, 6.45) is 1.49. The van der Waals surface area contributed by atoms with Gasteiger partial charge in [-0.05, 0) is 36.4 Å². The number of thiophene rings is 1. The van der Waals surface area contributed by atoms with Crippen LogP contribution in [0.3, 0.4) is 0 Å². The zero-order valence-corrected chi connectivity index (χ0v) is 12.5. The summed E-state index contributed by atoms with van der Waals surface area (Å²) in [5, 5.41) is 8.25. The van der Waals surface area contributed by atoms with Crippen LogP contribution in [0.4, 0.5) is 5.69 Å². The second kappa shape index (κ2) is 6.81. The van der Waals surface area contributed by atoms with Gasteiger partial charge in [-0.15, -0.1) is 11.3 Å². The Kier molecular flexibility index (Phi) is 4.84. The summed E-state index contributed by atoms with van der Waals surface area (Å²) in [4.78, 5) is 24.4. The molecule has 0 saturated carbocycles. The zero-order chi connectivity index (χ0) is 15.2. The van der Waals surface area contributed by atoms with Crippen LogP contribution in [0.25, 0.3) is 0 Å². The van der Waals surface area contributed by atoms with Crippen LogP contribution in [0.2, 0.25) is 0 Å². The molecule has 0 aliphatic carbocycles. The number of hydrogen-bond acceptors (Lipinski definition) is 4. The SMILES string of the molecule is Cc1cccc(C)c1NC(=O)C(=O)N/N=C/c1cccs1. The molecular formula is C15H15N3O2S. The summed E-state index contributed by atoms with van der Waals surface area (Å²) < 4.78 is 0. The van der Waals surface area contributed by atoms with Crippen LogP contribution in [0, 0.1) is 13.8 Å². The van der Waals surface area contributed by atoms with Crippen LogP contribution in [0.15, 0.2) is 40.8 Å². The first-order valence-corrected chi connectivity index (χ1v) is 7.20. The van der Waals surface area contributed by atoms with E-state index in [1.54, 1.807) is 0 Å². The topological polar surface area (TPSA) is 70.6 Å². The molecule has 0 radical (unpaired) electrons.